The number of nitrogens with one attached hydrogen (secondary N) is 1. The maximum absolute atomic E-state index is 12.0. The Bertz CT molecular complexity index is 475. The van der Waals surface area contributed by atoms with Gasteiger partial charge in [-0.3, -0.25) is 0 Å². The van der Waals surface area contributed by atoms with Crippen molar-refractivity contribution in [2.75, 3.05) is 6.54 Å². The van der Waals surface area contributed by atoms with Crippen molar-refractivity contribution in [1.29, 1.82) is 0 Å². The topological polar surface area (TPSA) is 82.5 Å². The van der Waals surface area contributed by atoms with Crippen LogP contribution in [-0.2, 0) is 11.3 Å². The number of aryl methyl sites for hydroxylation is 1. The van der Waals surface area contributed by atoms with Gasteiger partial charge in [0.1, 0.15) is 6.04 Å². The molecule has 1 aliphatic heterocycles. The van der Waals surface area contributed by atoms with Crippen LogP contribution in [0.1, 0.15) is 29.1 Å². The summed E-state index contributed by atoms with van der Waals surface area (Å²) in [5.74, 6) is -0.927. The van der Waals surface area contributed by atoms with Crippen LogP contribution in [0.15, 0.2) is 6.20 Å². The number of carbonyl (C=O) groups excluding carboxylic acids is 1. The molecule has 1 aliphatic rings. The monoisotopic (exact) mass is 283 g/mol. The minimum atomic E-state index is -0.927. The molecule has 2 amide bonds. The number of rotatable bonds is 3. The number of carboxylic acid groups (broad SMARTS) is 1. The van der Waals surface area contributed by atoms with E-state index in [1.54, 1.807) is 6.20 Å². The maximum Gasteiger partial charge on any atom is 0.326 e. The highest BCUT2D eigenvalue weighted by Crippen LogP contribution is 2.17. The van der Waals surface area contributed by atoms with Crippen LogP contribution < -0.4 is 5.32 Å². The highest BCUT2D eigenvalue weighted by Gasteiger charge is 2.31. The molecule has 1 atom stereocenters. The van der Waals surface area contributed by atoms with Gasteiger partial charge in [-0.1, -0.05) is 0 Å². The van der Waals surface area contributed by atoms with Gasteiger partial charge in [0.15, 0.2) is 0 Å². The van der Waals surface area contributed by atoms with Crippen molar-refractivity contribution in [3.8, 4) is 0 Å². The number of aromatic nitrogens is 1. The van der Waals surface area contributed by atoms with Crippen molar-refractivity contribution in [2.45, 2.75) is 38.8 Å². The van der Waals surface area contributed by atoms with E-state index in [2.05, 4.69) is 10.3 Å². The van der Waals surface area contributed by atoms with Gasteiger partial charge in [-0.05, 0) is 26.2 Å². The molecule has 7 heteroatoms. The first kappa shape index (κ1) is 13.8. The molecule has 0 saturated carbocycles. The standard InChI is InChI=1S/C12H17N3O3S/c1-8-13-6-9(19-8)7-14-12(18)15-5-3-2-4-10(15)11(16)17/h6,10H,2-5,7H2,1H3,(H,14,18)(H,16,17). The van der Waals surface area contributed by atoms with Crippen LogP contribution >= 0.6 is 11.3 Å². The average molecular weight is 283 g/mol. The van der Waals surface area contributed by atoms with Crippen LogP contribution in [0, 0.1) is 6.92 Å². The van der Waals surface area contributed by atoms with Crippen molar-refractivity contribution in [3.05, 3.63) is 16.1 Å². The smallest absolute Gasteiger partial charge is 0.326 e. The molecular weight excluding hydrogens is 266 g/mol. The lowest BCUT2D eigenvalue weighted by molar-refractivity contribution is -0.143. The van der Waals surface area contributed by atoms with E-state index in [9.17, 15) is 9.59 Å². The molecule has 1 fully saturated rings. The van der Waals surface area contributed by atoms with Gasteiger partial charge in [-0.2, -0.15) is 0 Å². The highest BCUT2D eigenvalue weighted by molar-refractivity contribution is 7.11. The zero-order valence-corrected chi connectivity index (χ0v) is 11.6. The summed E-state index contributed by atoms with van der Waals surface area (Å²) >= 11 is 1.52. The Morgan fingerprint density at radius 1 is 1.58 bits per heavy atom. The molecule has 0 aliphatic carbocycles. The zero-order valence-electron chi connectivity index (χ0n) is 10.8. The molecule has 0 aromatic carbocycles. The SMILES string of the molecule is Cc1ncc(CNC(=O)N2CCCCC2C(=O)O)s1. The second-order valence-corrected chi connectivity index (χ2v) is 5.87. The minimum absolute atomic E-state index is 0.307. The van der Waals surface area contributed by atoms with Crippen molar-refractivity contribution >= 4 is 23.3 Å². The van der Waals surface area contributed by atoms with E-state index >= 15 is 0 Å². The molecule has 2 heterocycles. The summed E-state index contributed by atoms with van der Waals surface area (Å²) in [4.78, 5) is 29.6. The fourth-order valence-corrected chi connectivity index (χ4v) is 2.92. The van der Waals surface area contributed by atoms with E-state index in [-0.39, 0.29) is 6.03 Å². The molecule has 0 spiro atoms. The fourth-order valence-electron chi connectivity index (χ4n) is 2.18. The molecule has 104 valence electrons. The first-order valence-corrected chi connectivity index (χ1v) is 7.08. The largest absolute Gasteiger partial charge is 0.480 e. The number of aliphatic carboxylic acids is 1. The van der Waals surface area contributed by atoms with Gasteiger partial charge >= 0.3 is 12.0 Å². The molecule has 1 aromatic rings. The average Bonchev–Trinajstić information content (AvgIpc) is 2.81. The minimum Gasteiger partial charge on any atom is -0.480 e. The quantitative estimate of drug-likeness (QED) is 0.882. The van der Waals surface area contributed by atoms with Crippen molar-refractivity contribution in [2.24, 2.45) is 0 Å². The van der Waals surface area contributed by atoms with E-state index in [0.717, 1.165) is 22.7 Å². The first-order chi connectivity index (χ1) is 9.08. The predicted octanol–water partition coefficient (Wildman–Crippen LogP) is 1.60. The van der Waals surface area contributed by atoms with Gasteiger partial charge < -0.3 is 15.3 Å². The van der Waals surface area contributed by atoms with Crippen LogP contribution in [0.3, 0.4) is 0 Å². The van der Waals surface area contributed by atoms with E-state index in [0.29, 0.717) is 19.5 Å². The summed E-state index contributed by atoms with van der Waals surface area (Å²) < 4.78 is 0. The van der Waals surface area contributed by atoms with E-state index in [4.69, 9.17) is 5.11 Å². The van der Waals surface area contributed by atoms with Gasteiger partial charge in [0.2, 0.25) is 0 Å². The molecule has 1 saturated heterocycles. The van der Waals surface area contributed by atoms with Gasteiger partial charge in [0.05, 0.1) is 11.6 Å². The number of amides is 2. The third kappa shape index (κ3) is 3.44. The summed E-state index contributed by atoms with van der Waals surface area (Å²) in [5, 5.41) is 12.8. The second-order valence-electron chi connectivity index (χ2n) is 4.55. The van der Waals surface area contributed by atoms with Crippen LogP contribution in [0.25, 0.3) is 0 Å². The molecule has 2 rings (SSSR count). The molecular formula is C12H17N3O3S. The van der Waals surface area contributed by atoms with Crippen LogP contribution in [0.5, 0.6) is 0 Å². The van der Waals surface area contributed by atoms with Crippen LogP contribution in [0.4, 0.5) is 4.79 Å². The zero-order chi connectivity index (χ0) is 13.8. The lowest BCUT2D eigenvalue weighted by atomic mass is 10.0. The number of thiazole rings is 1. The predicted molar refractivity (Wildman–Crippen MR) is 71.1 cm³/mol. The third-order valence-corrected chi connectivity index (χ3v) is 4.04. The van der Waals surface area contributed by atoms with E-state index in [1.807, 2.05) is 6.92 Å². The lowest BCUT2D eigenvalue weighted by Crippen LogP contribution is -2.51. The summed E-state index contributed by atoms with van der Waals surface area (Å²) in [6, 6.07) is -1.00. The van der Waals surface area contributed by atoms with Gasteiger partial charge in [-0.25, -0.2) is 14.6 Å². The molecule has 1 unspecified atom stereocenters. The number of nitrogens with zero attached hydrogens (tertiary/aromatic N) is 2. The highest BCUT2D eigenvalue weighted by atomic mass is 32.1. The third-order valence-electron chi connectivity index (χ3n) is 3.13. The van der Waals surface area contributed by atoms with E-state index < -0.39 is 12.0 Å². The number of likely N-dealkylation sites (tertiary alicyclic amines) is 1. The summed E-state index contributed by atoms with van der Waals surface area (Å²) in [7, 11) is 0. The Morgan fingerprint density at radius 3 is 3.00 bits per heavy atom. The molecule has 6 nitrogen and oxygen atoms in total. The number of hydrogen-bond acceptors (Lipinski definition) is 4. The Balaban J connectivity index is 1.92. The molecule has 0 radical (unpaired) electrons. The Hall–Kier alpha value is -1.63. The number of carboxylic acids is 1. The number of urea groups is 1. The lowest BCUT2D eigenvalue weighted by Gasteiger charge is -2.32. The number of carbonyl (C=O) groups is 2. The van der Waals surface area contributed by atoms with E-state index in [1.165, 1.54) is 16.2 Å². The Kier molecular flexibility index (Phi) is 4.36. The maximum atomic E-state index is 12.0. The van der Waals surface area contributed by atoms with Gasteiger partial charge in [-0.15, -0.1) is 11.3 Å². The van der Waals surface area contributed by atoms with Gasteiger partial charge in [0.25, 0.3) is 0 Å². The van der Waals surface area contributed by atoms with Gasteiger partial charge in [0, 0.05) is 17.6 Å². The fraction of sp³-hybridized carbons (Fsp3) is 0.583. The van der Waals surface area contributed by atoms with Crippen LogP contribution in [-0.4, -0.2) is 39.6 Å². The summed E-state index contributed by atoms with van der Waals surface area (Å²) in [5.41, 5.74) is 0. The summed E-state index contributed by atoms with van der Waals surface area (Å²) in [6.45, 7) is 2.80. The molecule has 19 heavy (non-hydrogen) atoms. The Morgan fingerprint density at radius 2 is 2.37 bits per heavy atom. The summed E-state index contributed by atoms with van der Waals surface area (Å²) in [6.07, 6.45) is 3.97. The van der Waals surface area contributed by atoms with Crippen molar-refractivity contribution in [1.82, 2.24) is 15.2 Å². The number of piperidine rings is 1. The van der Waals surface area contributed by atoms with Crippen molar-refractivity contribution in [3.63, 3.8) is 0 Å². The molecule has 2 N–H and O–H groups in total. The second kappa shape index (κ2) is 6.01. The van der Waals surface area contributed by atoms with Crippen LogP contribution in [0.2, 0.25) is 0 Å². The molecule has 1 aromatic heterocycles. The van der Waals surface area contributed by atoms with Crippen molar-refractivity contribution < 1.29 is 14.7 Å². The number of hydrogen-bond donors (Lipinski definition) is 2. The normalized spacial score (nSPS) is 19.2. The molecule has 0 bridgehead atoms. The Labute approximate surface area is 115 Å². The first-order valence-electron chi connectivity index (χ1n) is 6.26.